The molecular weight excluding hydrogens is 601 g/mol. The van der Waals surface area contributed by atoms with Crippen LogP contribution in [0.2, 0.25) is 0 Å². The first-order valence-electron chi connectivity index (χ1n) is 15.8. The Morgan fingerprint density at radius 2 is 1.67 bits per heavy atom. The summed E-state index contributed by atoms with van der Waals surface area (Å²) in [6, 6.07) is 15.1. The van der Waals surface area contributed by atoms with Crippen LogP contribution in [0, 0.1) is 17.7 Å². The van der Waals surface area contributed by atoms with E-state index in [9.17, 15) is 19.1 Å². The Morgan fingerprint density at radius 3 is 2.28 bits per heavy atom. The Hall–Kier alpha value is -3.28. The number of carbonyl (C=O) groups is 2. The van der Waals surface area contributed by atoms with Crippen LogP contribution >= 0.6 is 11.9 Å². The summed E-state index contributed by atoms with van der Waals surface area (Å²) in [6.45, 7) is 16.0. The van der Waals surface area contributed by atoms with Gasteiger partial charge in [0.1, 0.15) is 5.82 Å². The fraction of sp³-hybridized carbons (Fsp3) is 0.444. The maximum atomic E-state index is 13.3. The molecule has 0 saturated heterocycles. The number of nitrogens with zero attached hydrogens (tertiary/aromatic N) is 1. The number of carbonyl (C=O) groups excluding carboxylic acids is 2. The molecular formula is C36H54FN5O3S. The Kier molecular flexibility index (Phi) is 21.2. The highest BCUT2D eigenvalue weighted by Crippen LogP contribution is 2.25. The van der Waals surface area contributed by atoms with Crippen molar-refractivity contribution in [3.8, 4) is 0 Å². The molecule has 0 bridgehead atoms. The molecule has 0 aliphatic heterocycles. The van der Waals surface area contributed by atoms with Gasteiger partial charge >= 0.3 is 0 Å². The second kappa shape index (κ2) is 24.0. The van der Waals surface area contributed by atoms with E-state index in [0.29, 0.717) is 44.1 Å². The Bertz CT molecular complexity index is 1220. The van der Waals surface area contributed by atoms with Crippen LogP contribution < -0.4 is 21.7 Å². The molecule has 0 spiro atoms. The van der Waals surface area contributed by atoms with Crippen molar-refractivity contribution in [3.63, 3.8) is 0 Å². The molecule has 0 aromatic heterocycles. The molecule has 2 amide bonds. The van der Waals surface area contributed by atoms with Gasteiger partial charge in [-0.15, -0.1) is 0 Å². The number of hydrogen-bond donors (Lipinski definition) is 5. The van der Waals surface area contributed by atoms with E-state index in [1.54, 1.807) is 18.2 Å². The molecule has 0 heterocycles. The third-order valence-electron chi connectivity index (χ3n) is 5.95. The molecule has 0 aliphatic rings. The molecule has 0 fully saturated rings. The lowest BCUT2D eigenvalue weighted by molar-refractivity contribution is -0.126. The monoisotopic (exact) mass is 655 g/mol. The number of hydrogen-bond acceptors (Lipinski definition) is 7. The molecule has 2 aromatic rings. The number of aliphatic hydroxyl groups is 1. The summed E-state index contributed by atoms with van der Waals surface area (Å²) in [5.74, 6) is 0.0497. The molecule has 6 N–H and O–H groups in total. The Balaban J connectivity index is 0.00000249. The zero-order chi connectivity index (χ0) is 34.3. The smallest absolute Gasteiger partial charge is 0.239 e. The Morgan fingerprint density at radius 1 is 1.00 bits per heavy atom. The quantitative estimate of drug-likeness (QED) is 0.107. The molecule has 2 unspecified atom stereocenters. The van der Waals surface area contributed by atoms with Crippen molar-refractivity contribution in [1.82, 2.24) is 20.3 Å². The number of allylic oxidation sites excluding steroid dienone is 3. The van der Waals surface area contributed by atoms with Crippen LogP contribution in [-0.2, 0) is 22.6 Å². The topological polar surface area (TPSA) is 120 Å². The van der Waals surface area contributed by atoms with E-state index >= 15 is 0 Å². The number of rotatable bonds is 19. The van der Waals surface area contributed by atoms with E-state index in [1.807, 2.05) is 48.6 Å². The number of amides is 2. The molecule has 2 atom stereocenters. The molecule has 0 aliphatic carbocycles. The summed E-state index contributed by atoms with van der Waals surface area (Å²) in [7, 11) is 0. The minimum atomic E-state index is -0.896. The molecule has 2 rings (SSSR count). The summed E-state index contributed by atoms with van der Waals surface area (Å²) in [5, 5.41) is 19.8. The maximum absolute atomic E-state index is 13.3. The standard InChI is InChI=1S/C32H44FN5O3S.C4H10/c1-4-10-28(15-9-16-34)42-38(22-24(2)3)23-30(39)29(18-25-11-6-5-7-12-25)37-32(41)21-36-31(40)20-35-19-26-13-8-14-27(33)17-26;1-4(2)3/h4-15,17,24,29-30,35,39H,1,16,18-23,34H2,2-3H3,(H,36,40)(H,37,41);4H,1-3H3/b15-9-,28-10+;. The third kappa shape index (κ3) is 20.0. The summed E-state index contributed by atoms with van der Waals surface area (Å²) in [4.78, 5) is 26.1. The zero-order valence-corrected chi connectivity index (χ0v) is 28.9. The van der Waals surface area contributed by atoms with Crippen LogP contribution in [0.3, 0.4) is 0 Å². The predicted molar refractivity (Wildman–Crippen MR) is 190 cm³/mol. The normalized spacial score (nSPS) is 13.0. The van der Waals surface area contributed by atoms with Crippen molar-refractivity contribution in [2.24, 2.45) is 17.6 Å². The maximum Gasteiger partial charge on any atom is 0.239 e. The zero-order valence-electron chi connectivity index (χ0n) is 28.0. The van der Waals surface area contributed by atoms with E-state index in [0.717, 1.165) is 16.4 Å². The fourth-order valence-corrected chi connectivity index (χ4v) is 5.29. The van der Waals surface area contributed by atoms with E-state index in [1.165, 1.54) is 24.1 Å². The fourth-order valence-electron chi connectivity index (χ4n) is 4.08. The number of nitrogens with two attached hydrogens (primary N) is 1. The summed E-state index contributed by atoms with van der Waals surface area (Å²) in [6.07, 6.45) is 6.89. The lowest BCUT2D eigenvalue weighted by Crippen LogP contribution is -2.51. The van der Waals surface area contributed by atoms with Gasteiger partial charge in [-0.2, -0.15) is 0 Å². The predicted octanol–water partition coefficient (Wildman–Crippen LogP) is 4.97. The minimum Gasteiger partial charge on any atom is -0.390 e. The SMILES string of the molecule is C=C/C=C(\C=C/CN)SN(CC(C)C)CC(O)C(Cc1ccccc1)NC(=O)CNC(=O)CNCc1cccc(F)c1.CC(C)C. The van der Waals surface area contributed by atoms with Gasteiger partial charge in [-0.05, 0) is 59.5 Å². The van der Waals surface area contributed by atoms with Crippen molar-refractivity contribution in [2.45, 2.75) is 59.7 Å². The van der Waals surface area contributed by atoms with Crippen LogP contribution in [-0.4, -0.2) is 66.1 Å². The number of halogens is 1. The van der Waals surface area contributed by atoms with Gasteiger partial charge in [-0.1, -0.05) is 102 Å². The second-order valence-electron chi connectivity index (χ2n) is 11.9. The highest BCUT2D eigenvalue weighted by Gasteiger charge is 2.25. The average Bonchev–Trinajstić information content (AvgIpc) is 2.98. The minimum absolute atomic E-state index is 0.0274. The van der Waals surface area contributed by atoms with Gasteiger partial charge < -0.3 is 26.8 Å². The van der Waals surface area contributed by atoms with Gasteiger partial charge in [0.2, 0.25) is 11.8 Å². The van der Waals surface area contributed by atoms with E-state index in [4.69, 9.17) is 5.73 Å². The van der Waals surface area contributed by atoms with Crippen molar-refractivity contribution in [1.29, 1.82) is 0 Å². The van der Waals surface area contributed by atoms with Crippen molar-refractivity contribution in [2.75, 3.05) is 32.7 Å². The lowest BCUT2D eigenvalue weighted by Gasteiger charge is -2.30. The number of aliphatic hydroxyl groups excluding tert-OH is 1. The van der Waals surface area contributed by atoms with Gasteiger partial charge in [-0.25, -0.2) is 8.70 Å². The van der Waals surface area contributed by atoms with Crippen molar-refractivity contribution in [3.05, 3.63) is 107 Å². The summed E-state index contributed by atoms with van der Waals surface area (Å²) in [5.41, 5.74) is 7.32. The highest BCUT2D eigenvalue weighted by atomic mass is 32.2. The average molecular weight is 656 g/mol. The Labute approximate surface area is 279 Å². The van der Waals surface area contributed by atoms with Crippen LogP contribution in [0.4, 0.5) is 4.39 Å². The van der Waals surface area contributed by atoms with Gasteiger partial charge in [0, 0.05) is 31.1 Å². The van der Waals surface area contributed by atoms with Gasteiger partial charge in [0.05, 0.1) is 25.2 Å². The van der Waals surface area contributed by atoms with Gasteiger partial charge in [0.15, 0.2) is 0 Å². The molecule has 0 saturated carbocycles. The number of nitrogens with one attached hydrogen (secondary N) is 3. The van der Waals surface area contributed by atoms with Crippen molar-refractivity contribution < 1.29 is 19.1 Å². The summed E-state index contributed by atoms with van der Waals surface area (Å²) >= 11 is 1.50. The largest absolute Gasteiger partial charge is 0.390 e. The van der Waals surface area contributed by atoms with Crippen LogP contribution in [0.25, 0.3) is 0 Å². The molecule has 46 heavy (non-hydrogen) atoms. The first-order valence-corrected chi connectivity index (χ1v) is 16.6. The third-order valence-corrected chi connectivity index (χ3v) is 6.99. The molecule has 10 heteroatoms. The first-order chi connectivity index (χ1) is 21.9. The molecule has 254 valence electrons. The first kappa shape index (κ1) is 40.7. The molecule has 8 nitrogen and oxygen atoms in total. The van der Waals surface area contributed by atoms with Gasteiger partial charge in [0.25, 0.3) is 0 Å². The molecule has 0 radical (unpaired) electrons. The summed E-state index contributed by atoms with van der Waals surface area (Å²) < 4.78 is 15.4. The van der Waals surface area contributed by atoms with E-state index in [-0.39, 0.29) is 24.8 Å². The lowest BCUT2D eigenvalue weighted by atomic mass is 10.0. The molecule has 2 aromatic carbocycles. The van der Waals surface area contributed by atoms with E-state index < -0.39 is 18.1 Å². The highest BCUT2D eigenvalue weighted by molar-refractivity contribution is 8.01. The van der Waals surface area contributed by atoms with E-state index in [2.05, 4.69) is 61.5 Å². The van der Waals surface area contributed by atoms with Gasteiger partial charge in [-0.3, -0.25) is 9.59 Å². The van der Waals surface area contributed by atoms with Crippen LogP contribution in [0.15, 0.2) is 90.4 Å². The van der Waals surface area contributed by atoms with Crippen LogP contribution in [0.1, 0.15) is 45.7 Å². The van der Waals surface area contributed by atoms with Crippen molar-refractivity contribution >= 4 is 23.8 Å². The van der Waals surface area contributed by atoms with Crippen LogP contribution in [0.5, 0.6) is 0 Å². The number of benzene rings is 2. The second-order valence-corrected chi connectivity index (χ2v) is 13.1.